The highest BCUT2D eigenvalue weighted by atomic mass is 32.2. The minimum Gasteiger partial charge on any atom is -0.494 e. The number of benzene rings is 1. The highest BCUT2D eigenvalue weighted by Gasteiger charge is 2.29. The molecule has 1 aliphatic heterocycles. The van der Waals surface area contributed by atoms with Crippen LogP contribution in [0.4, 0.5) is 4.39 Å². The molecule has 1 aromatic carbocycles. The van der Waals surface area contributed by atoms with Crippen molar-refractivity contribution in [2.45, 2.75) is 37.1 Å². The summed E-state index contributed by atoms with van der Waals surface area (Å²) in [6, 6.07) is 11.4. The number of rotatable bonds is 6. The van der Waals surface area contributed by atoms with E-state index in [1.165, 1.54) is 11.8 Å². The zero-order valence-electron chi connectivity index (χ0n) is 19.1. The predicted octanol–water partition coefficient (Wildman–Crippen LogP) is 4.56. The molecule has 4 heterocycles. The summed E-state index contributed by atoms with van der Waals surface area (Å²) in [6.07, 6.45) is 6.86. The Balaban J connectivity index is 1.46. The van der Waals surface area contributed by atoms with Crippen molar-refractivity contribution in [2.75, 3.05) is 20.2 Å². The van der Waals surface area contributed by atoms with Gasteiger partial charge in [0.2, 0.25) is 0 Å². The minimum atomic E-state index is -1.21. The third-order valence-electron chi connectivity index (χ3n) is 6.33. The molecule has 176 valence electrons. The third-order valence-corrected chi connectivity index (χ3v) is 7.84. The van der Waals surface area contributed by atoms with Crippen molar-refractivity contribution < 1.29 is 13.3 Å². The molecule has 7 nitrogen and oxygen atoms in total. The van der Waals surface area contributed by atoms with Gasteiger partial charge in [0.1, 0.15) is 22.6 Å². The van der Waals surface area contributed by atoms with Gasteiger partial charge >= 0.3 is 0 Å². The maximum Gasteiger partial charge on any atom is 0.164 e. The molecule has 1 atom stereocenters. The van der Waals surface area contributed by atoms with Crippen LogP contribution in [0.3, 0.4) is 0 Å². The number of ether oxygens (including phenoxy) is 1. The van der Waals surface area contributed by atoms with Crippen LogP contribution in [0.5, 0.6) is 5.75 Å². The third kappa shape index (κ3) is 4.10. The van der Waals surface area contributed by atoms with Gasteiger partial charge in [-0.2, -0.15) is 0 Å². The number of imidazole rings is 1. The van der Waals surface area contributed by atoms with Gasteiger partial charge in [0.05, 0.1) is 23.8 Å². The van der Waals surface area contributed by atoms with Crippen LogP contribution in [0.1, 0.15) is 31.4 Å². The van der Waals surface area contributed by atoms with Crippen LogP contribution in [-0.2, 0) is 17.4 Å². The molecule has 0 aliphatic carbocycles. The molecule has 0 spiro atoms. The summed E-state index contributed by atoms with van der Waals surface area (Å²) < 4.78 is 37.4. The van der Waals surface area contributed by atoms with E-state index in [9.17, 15) is 8.60 Å². The summed E-state index contributed by atoms with van der Waals surface area (Å²) >= 11 is 0. The summed E-state index contributed by atoms with van der Waals surface area (Å²) in [5.74, 6) is 0.655. The van der Waals surface area contributed by atoms with Crippen LogP contribution in [0, 0.1) is 5.82 Å². The van der Waals surface area contributed by atoms with Crippen molar-refractivity contribution in [3.8, 4) is 17.1 Å². The molecule has 0 N–H and O–H groups in total. The second-order valence-corrected chi connectivity index (χ2v) is 9.74. The Morgan fingerprint density at radius 1 is 1.12 bits per heavy atom. The minimum absolute atomic E-state index is 0.0305. The van der Waals surface area contributed by atoms with E-state index in [1.54, 1.807) is 31.6 Å². The van der Waals surface area contributed by atoms with Crippen LogP contribution >= 0.6 is 0 Å². The van der Waals surface area contributed by atoms with Gasteiger partial charge in [0.15, 0.2) is 17.0 Å². The largest absolute Gasteiger partial charge is 0.494 e. The van der Waals surface area contributed by atoms with E-state index in [-0.39, 0.29) is 6.04 Å². The van der Waals surface area contributed by atoms with E-state index in [0.717, 1.165) is 24.2 Å². The molecule has 0 bridgehead atoms. The number of methoxy groups -OCH3 is 1. The monoisotopic (exact) mass is 479 g/mol. The average Bonchev–Trinajstić information content (AvgIpc) is 3.28. The van der Waals surface area contributed by atoms with Crippen molar-refractivity contribution in [1.29, 1.82) is 0 Å². The topological polar surface area (TPSA) is 73.1 Å². The first kappa shape index (κ1) is 22.6. The van der Waals surface area contributed by atoms with Crippen LogP contribution in [0.2, 0.25) is 0 Å². The Bertz CT molecular complexity index is 1330. The Labute approximate surface area is 200 Å². The smallest absolute Gasteiger partial charge is 0.164 e. The lowest BCUT2D eigenvalue weighted by molar-refractivity contribution is 0.287. The Morgan fingerprint density at radius 2 is 1.88 bits per heavy atom. The molecule has 1 aliphatic rings. The average molecular weight is 480 g/mol. The number of piperidine rings is 1. The molecule has 0 amide bonds. The van der Waals surface area contributed by atoms with Crippen molar-refractivity contribution in [3.63, 3.8) is 0 Å². The normalized spacial score (nSPS) is 16.1. The molecule has 1 unspecified atom stereocenters. The van der Waals surface area contributed by atoms with Crippen LogP contribution in [0.15, 0.2) is 59.9 Å². The number of fused-ring (bicyclic) bond motifs is 1. The lowest BCUT2D eigenvalue weighted by Gasteiger charge is -2.32. The van der Waals surface area contributed by atoms with E-state index >= 15 is 0 Å². The number of nitrogens with zero attached hydrogens (tertiary/aromatic N) is 5. The zero-order valence-corrected chi connectivity index (χ0v) is 20.0. The molecule has 34 heavy (non-hydrogen) atoms. The fraction of sp³-hybridized carbons (Fsp3) is 0.320. The molecule has 1 fully saturated rings. The molecule has 3 aromatic heterocycles. The molecule has 0 saturated carbocycles. The van der Waals surface area contributed by atoms with Gasteiger partial charge in [-0.25, -0.2) is 22.9 Å². The SMILES string of the molecule is CCc1ccc(S(=O)N2CCC(n3c(-c4ccncc4F)nc4c(OC)ccnc43)CC2)cc1. The van der Waals surface area contributed by atoms with Gasteiger partial charge in [-0.15, -0.1) is 0 Å². The second-order valence-electron chi connectivity index (χ2n) is 8.25. The van der Waals surface area contributed by atoms with Gasteiger partial charge < -0.3 is 9.30 Å². The Hall–Kier alpha value is -3.17. The molecular formula is C25H26FN5O2S. The van der Waals surface area contributed by atoms with Gasteiger partial charge in [-0.3, -0.25) is 4.98 Å². The summed E-state index contributed by atoms with van der Waals surface area (Å²) in [7, 11) is 0.370. The van der Waals surface area contributed by atoms with Crippen LogP contribution in [0.25, 0.3) is 22.6 Å². The van der Waals surface area contributed by atoms with Crippen LogP contribution < -0.4 is 4.74 Å². The first-order valence-electron chi connectivity index (χ1n) is 11.4. The number of aryl methyl sites for hydroxylation is 1. The van der Waals surface area contributed by atoms with Gasteiger partial charge in [0.25, 0.3) is 0 Å². The number of pyridine rings is 2. The number of hydrogen-bond donors (Lipinski definition) is 0. The maximum atomic E-state index is 14.7. The Morgan fingerprint density at radius 3 is 2.56 bits per heavy atom. The summed E-state index contributed by atoms with van der Waals surface area (Å²) in [5.41, 5.74) is 2.85. The standard InChI is InChI=1S/C25H26FN5O2S/c1-3-17-4-6-19(7-5-17)34(32)30-14-10-18(11-15-30)31-24(20-8-12-27-16-21(20)26)29-23-22(33-2)9-13-28-25(23)31/h4-9,12-13,16,18H,3,10-11,14-15H2,1-2H3. The van der Waals surface area contributed by atoms with Crippen molar-refractivity contribution >= 4 is 22.1 Å². The molecule has 5 rings (SSSR count). The summed E-state index contributed by atoms with van der Waals surface area (Å²) in [5, 5.41) is 0. The lowest BCUT2D eigenvalue weighted by Crippen LogP contribution is -2.36. The molecule has 0 radical (unpaired) electrons. The summed E-state index contributed by atoms with van der Waals surface area (Å²) in [4.78, 5) is 14.0. The number of halogens is 1. The molecule has 4 aromatic rings. The zero-order chi connectivity index (χ0) is 23.7. The molecular weight excluding hydrogens is 453 g/mol. The molecule has 1 saturated heterocycles. The first-order chi connectivity index (χ1) is 16.6. The van der Waals surface area contributed by atoms with Crippen molar-refractivity contribution in [1.82, 2.24) is 23.8 Å². The number of aromatic nitrogens is 4. The van der Waals surface area contributed by atoms with Gasteiger partial charge in [0, 0.05) is 37.6 Å². The lowest BCUT2D eigenvalue weighted by atomic mass is 10.1. The van der Waals surface area contributed by atoms with Crippen molar-refractivity contribution in [2.24, 2.45) is 0 Å². The Kier molecular flexibility index (Phi) is 6.38. The first-order valence-corrected chi connectivity index (χ1v) is 12.5. The van der Waals surface area contributed by atoms with E-state index in [4.69, 9.17) is 9.72 Å². The predicted molar refractivity (Wildman–Crippen MR) is 129 cm³/mol. The fourth-order valence-corrected chi connectivity index (χ4v) is 5.69. The highest BCUT2D eigenvalue weighted by Crippen LogP contribution is 2.36. The van der Waals surface area contributed by atoms with E-state index in [2.05, 4.69) is 16.9 Å². The van der Waals surface area contributed by atoms with E-state index in [1.807, 2.05) is 33.1 Å². The maximum absolute atomic E-state index is 14.7. The van der Waals surface area contributed by atoms with E-state index < -0.39 is 16.8 Å². The van der Waals surface area contributed by atoms with Gasteiger partial charge in [-0.05, 0) is 43.0 Å². The fourth-order valence-electron chi connectivity index (χ4n) is 4.48. The van der Waals surface area contributed by atoms with E-state index in [0.29, 0.717) is 41.4 Å². The second kappa shape index (κ2) is 9.60. The summed E-state index contributed by atoms with van der Waals surface area (Å²) in [6.45, 7) is 3.40. The highest BCUT2D eigenvalue weighted by molar-refractivity contribution is 7.82. The number of hydrogen-bond acceptors (Lipinski definition) is 5. The van der Waals surface area contributed by atoms with Crippen molar-refractivity contribution in [3.05, 3.63) is 66.4 Å². The van der Waals surface area contributed by atoms with Gasteiger partial charge in [-0.1, -0.05) is 19.1 Å². The molecule has 9 heteroatoms. The quantitative estimate of drug-likeness (QED) is 0.405. The van der Waals surface area contributed by atoms with Crippen LogP contribution in [-0.4, -0.2) is 48.2 Å².